The number of hydrogen-bond acceptors (Lipinski definition) is 1. The molecule has 2 atom stereocenters. The lowest BCUT2D eigenvalue weighted by Crippen LogP contribution is -2.33. The minimum Gasteiger partial charge on any atom is -0.316 e. The van der Waals surface area contributed by atoms with Crippen LogP contribution in [0, 0.1) is 23.4 Å². The molecule has 16 heavy (non-hydrogen) atoms. The highest BCUT2D eigenvalue weighted by atomic mass is 19.2. The van der Waals surface area contributed by atoms with Gasteiger partial charge in [-0.3, -0.25) is 0 Å². The molecule has 0 saturated carbocycles. The van der Waals surface area contributed by atoms with Gasteiger partial charge in [-0.1, -0.05) is 6.92 Å². The van der Waals surface area contributed by atoms with Crippen LogP contribution in [0.3, 0.4) is 0 Å². The summed E-state index contributed by atoms with van der Waals surface area (Å²) in [5, 5.41) is 3.21. The van der Waals surface area contributed by atoms with Crippen molar-refractivity contribution in [2.75, 3.05) is 13.1 Å². The second-order valence-corrected chi connectivity index (χ2v) is 4.38. The van der Waals surface area contributed by atoms with Crippen LogP contribution in [0.15, 0.2) is 12.1 Å². The molecule has 0 spiro atoms. The van der Waals surface area contributed by atoms with E-state index >= 15 is 0 Å². The van der Waals surface area contributed by atoms with Gasteiger partial charge in [0.25, 0.3) is 0 Å². The number of piperidine rings is 1. The van der Waals surface area contributed by atoms with Gasteiger partial charge in [0, 0.05) is 0 Å². The van der Waals surface area contributed by atoms with E-state index in [2.05, 4.69) is 5.32 Å². The van der Waals surface area contributed by atoms with E-state index in [0.717, 1.165) is 31.6 Å². The smallest absolute Gasteiger partial charge is 0.194 e. The number of benzene rings is 1. The van der Waals surface area contributed by atoms with E-state index in [1.165, 1.54) is 0 Å². The van der Waals surface area contributed by atoms with Crippen LogP contribution in [-0.4, -0.2) is 13.1 Å². The van der Waals surface area contributed by atoms with Crippen LogP contribution in [-0.2, 0) is 0 Å². The molecule has 1 saturated heterocycles. The van der Waals surface area contributed by atoms with Crippen LogP contribution in [0.25, 0.3) is 0 Å². The van der Waals surface area contributed by atoms with Gasteiger partial charge in [-0.15, -0.1) is 0 Å². The molecule has 88 valence electrons. The molecular formula is C12H14F3N. The second-order valence-electron chi connectivity index (χ2n) is 4.38. The van der Waals surface area contributed by atoms with Crippen molar-refractivity contribution in [1.82, 2.24) is 5.32 Å². The first kappa shape index (κ1) is 11.5. The van der Waals surface area contributed by atoms with Gasteiger partial charge in [-0.25, -0.2) is 13.2 Å². The molecule has 1 aromatic carbocycles. The molecule has 0 aromatic heterocycles. The average molecular weight is 229 g/mol. The Morgan fingerprint density at radius 2 is 1.81 bits per heavy atom. The Hall–Kier alpha value is -1.03. The summed E-state index contributed by atoms with van der Waals surface area (Å²) < 4.78 is 39.0. The first-order chi connectivity index (χ1) is 7.59. The van der Waals surface area contributed by atoms with E-state index in [-0.39, 0.29) is 5.92 Å². The van der Waals surface area contributed by atoms with Gasteiger partial charge in [-0.2, -0.15) is 0 Å². The Morgan fingerprint density at radius 3 is 2.38 bits per heavy atom. The molecule has 2 rings (SSSR count). The molecule has 2 unspecified atom stereocenters. The Kier molecular flexibility index (Phi) is 3.19. The fourth-order valence-electron chi connectivity index (χ4n) is 2.30. The van der Waals surface area contributed by atoms with Crippen molar-refractivity contribution in [3.8, 4) is 0 Å². The van der Waals surface area contributed by atoms with Crippen LogP contribution in [0.4, 0.5) is 13.2 Å². The molecule has 1 aliphatic heterocycles. The quantitative estimate of drug-likeness (QED) is 0.730. The normalized spacial score (nSPS) is 25.8. The Bertz CT molecular complexity index is 369. The summed E-state index contributed by atoms with van der Waals surface area (Å²) >= 11 is 0. The molecule has 1 heterocycles. The molecule has 0 amide bonds. The molecule has 1 N–H and O–H groups in total. The monoisotopic (exact) mass is 229 g/mol. The number of halogens is 3. The predicted octanol–water partition coefficient (Wildman–Crippen LogP) is 2.82. The average Bonchev–Trinajstić information content (AvgIpc) is 2.26. The molecule has 1 fully saturated rings. The van der Waals surface area contributed by atoms with Crippen LogP contribution >= 0.6 is 0 Å². The predicted molar refractivity (Wildman–Crippen MR) is 55.7 cm³/mol. The SMILES string of the molecule is CC1CNCCC1c1cc(F)c(F)c(F)c1. The maximum Gasteiger partial charge on any atom is 0.194 e. The lowest BCUT2D eigenvalue weighted by Gasteiger charge is -2.29. The summed E-state index contributed by atoms with van der Waals surface area (Å²) in [4.78, 5) is 0. The Morgan fingerprint density at radius 1 is 1.19 bits per heavy atom. The van der Waals surface area contributed by atoms with Crippen LogP contribution in [0.2, 0.25) is 0 Å². The Balaban J connectivity index is 2.32. The van der Waals surface area contributed by atoms with E-state index in [9.17, 15) is 13.2 Å². The summed E-state index contributed by atoms with van der Waals surface area (Å²) in [6, 6.07) is 2.23. The highest BCUT2D eigenvalue weighted by Crippen LogP contribution is 2.31. The minimum absolute atomic E-state index is 0.103. The zero-order chi connectivity index (χ0) is 11.7. The number of hydrogen-bond donors (Lipinski definition) is 1. The van der Waals surface area contributed by atoms with Gasteiger partial charge in [0.05, 0.1) is 0 Å². The summed E-state index contributed by atoms with van der Waals surface area (Å²) in [7, 11) is 0. The third kappa shape index (κ3) is 2.07. The van der Waals surface area contributed by atoms with Crippen molar-refractivity contribution < 1.29 is 13.2 Å². The van der Waals surface area contributed by atoms with E-state index in [4.69, 9.17) is 0 Å². The fraction of sp³-hybridized carbons (Fsp3) is 0.500. The molecule has 1 aliphatic rings. The van der Waals surface area contributed by atoms with E-state index in [1.54, 1.807) is 0 Å². The van der Waals surface area contributed by atoms with Crippen molar-refractivity contribution in [1.29, 1.82) is 0 Å². The van der Waals surface area contributed by atoms with Crippen LogP contribution in [0.5, 0.6) is 0 Å². The standard InChI is InChI=1S/C12H14F3N/c1-7-6-16-3-2-9(7)8-4-10(13)12(15)11(14)5-8/h4-5,7,9,16H,2-3,6H2,1H3. The van der Waals surface area contributed by atoms with Crippen molar-refractivity contribution in [3.05, 3.63) is 35.1 Å². The largest absolute Gasteiger partial charge is 0.316 e. The molecule has 1 aromatic rings. The lowest BCUT2D eigenvalue weighted by molar-refractivity contribution is 0.345. The topological polar surface area (TPSA) is 12.0 Å². The molecule has 4 heteroatoms. The van der Waals surface area contributed by atoms with Crippen LogP contribution in [0.1, 0.15) is 24.8 Å². The van der Waals surface area contributed by atoms with E-state index < -0.39 is 17.5 Å². The maximum atomic E-state index is 13.1. The molecular weight excluding hydrogens is 215 g/mol. The number of rotatable bonds is 1. The third-order valence-corrected chi connectivity index (χ3v) is 3.22. The highest BCUT2D eigenvalue weighted by Gasteiger charge is 2.24. The summed E-state index contributed by atoms with van der Waals surface area (Å²) in [5.41, 5.74) is 0.561. The molecule has 0 bridgehead atoms. The zero-order valence-corrected chi connectivity index (χ0v) is 9.06. The molecule has 1 nitrogen and oxygen atoms in total. The van der Waals surface area contributed by atoms with Crippen LogP contribution < -0.4 is 5.32 Å². The first-order valence-electron chi connectivity index (χ1n) is 5.44. The highest BCUT2D eigenvalue weighted by molar-refractivity contribution is 5.24. The minimum atomic E-state index is -1.38. The summed E-state index contributed by atoms with van der Waals surface area (Å²) in [5.74, 6) is -3.17. The maximum absolute atomic E-state index is 13.1. The van der Waals surface area contributed by atoms with Gasteiger partial charge in [0.2, 0.25) is 0 Å². The van der Waals surface area contributed by atoms with Gasteiger partial charge in [-0.05, 0) is 49.0 Å². The van der Waals surface area contributed by atoms with E-state index in [1.807, 2.05) is 6.92 Å². The molecule has 0 radical (unpaired) electrons. The Labute approximate surface area is 92.7 Å². The van der Waals surface area contributed by atoms with Crippen molar-refractivity contribution in [2.24, 2.45) is 5.92 Å². The van der Waals surface area contributed by atoms with Gasteiger partial charge < -0.3 is 5.32 Å². The summed E-state index contributed by atoms with van der Waals surface area (Å²) in [6.45, 7) is 3.68. The first-order valence-corrected chi connectivity index (χ1v) is 5.44. The lowest BCUT2D eigenvalue weighted by atomic mass is 9.82. The fourth-order valence-corrected chi connectivity index (χ4v) is 2.30. The second kappa shape index (κ2) is 4.45. The van der Waals surface area contributed by atoms with Gasteiger partial charge in [0.15, 0.2) is 17.5 Å². The van der Waals surface area contributed by atoms with E-state index in [0.29, 0.717) is 11.5 Å². The third-order valence-electron chi connectivity index (χ3n) is 3.22. The zero-order valence-electron chi connectivity index (χ0n) is 9.06. The summed E-state index contributed by atoms with van der Waals surface area (Å²) in [6.07, 6.45) is 0.825. The van der Waals surface area contributed by atoms with Gasteiger partial charge in [0.1, 0.15) is 0 Å². The van der Waals surface area contributed by atoms with Crippen molar-refractivity contribution in [3.63, 3.8) is 0 Å². The molecule has 0 aliphatic carbocycles. The number of nitrogens with one attached hydrogen (secondary N) is 1. The van der Waals surface area contributed by atoms with Gasteiger partial charge >= 0.3 is 0 Å². The van der Waals surface area contributed by atoms with Crippen molar-refractivity contribution >= 4 is 0 Å². The van der Waals surface area contributed by atoms with Crippen molar-refractivity contribution in [2.45, 2.75) is 19.3 Å².